The van der Waals surface area contributed by atoms with Crippen LogP contribution >= 0.6 is 0 Å². The van der Waals surface area contributed by atoms with Gasteiger partial charge in [0, 0.05) is 37.8 Å². The van der Waals surface area contributed by atoms with E-state index in [1.165, 1.54) is 17.0 Å². The first kappa shape index (κ1) is 23.5. The van der Waals surface area contributed by atoms with E-state index in [2.05, 4.69) is 0 Å². The summed E-state index contributed by atoms with van der Waals surface area (Å²) in [5.41, 5.74) is -1.74. The van der Waals surface area contributed by atoms with Crippen LogP contribution < -0.4 is 4.74 Å². The summed E-state index contributed by atoms with van der Waals surface area (Å²) >= 11 is 0. The van der Waals surface area contributed by atoms with Gasteiger partial charge in [-0.15, -0.1) is 0 Å². The van der Waals surface area contributed by atoms with Gasteiger partial charge in [0.25, 0.3) is 5.91 Å². The van der Waals surface area contributed by atoms with Crippen LogP contribution in [0.5, 0.6) is 5.75 Å². The Kier molecular flexibility index (Phi) is 5.92. The lowest BCUT2D eigenvalue weighted by Gasteiger charge is -2.50. The predicted octanol–water partition coefficient (Wildman–Crippen LogP) is 4.65. The molecule has 10 heteroatoms. The summed E-state index contributed by atoms with van der Waals surface area (Å²) in [5, 5.41) is 0. The van der Waals surface area contributed by atoms with Crippen LogP contribution in [0.3, 0.4) is 0 Å². The van der Waals surface area contributed by atoms with Crippen molar-refractivity contribution < 1.29 is 31.5 Å². The Bertz CT molecular complexity index is 1060. The number of alkyl halides is 3. The fraction of sp³-hybridized carbons (Fsp3) is 0.522. The number of ether oxygens (including phenoxy) is 1. The number of nitrogens with zero attached hydrogens (tertiary/aromatic N) is 3. The highest BCUT2D eigenvalue weighted by molar-refractivity contribution is 5.94. The molecular formula is C23H26F5N3O2. The number of hydrogen-bond donors (Lipinski definition) is 0. The summed E-state index contributed by atoms with van der Waals surface area (Å²) in [7, 11) is 1.77. The van der Waals surface area contributed by atoms with E-state index in [1.54, 1.807) is 20.9 Å². The number of likely N-dealkylation sites (N-methyl/N-ethyl adjacent to an activating group) is 1. The molecule has 0 bridgehead atoms. The lowest BCUT2D eigenvalue weighted by molar-refractivity contribution is -0.144. The van der Waals surface area contributed by atoms with Gasteiger partial charge in [0.1, 0.15) is 11.5 Å². The van der Waals surface area contributed by atoms with E-state index in [1.807, 2.05) is 4.90 Å². The summed E-state index contributed by atoms with van der Waals surface area (Å²) in [4.78, 5) is 16.4. The zero-order valence-electron chi connectivity index (χ0n) is 18.7. The van der Waals surface area contributed by atoms with Crippen molar-refractivity contribution in [2.24, 2.45) is 0 Å². The van der Waals surface area contributed by atoms with Gasteiger partial charge in [-0.3, -0.25) is 9.69 Å². The maximum absolute atomic E-state index is 14.8. The topological polar surface area (TPSA) is 37.7 Å². The van der Waals surface area contributed by atoms with Crippen LogP contribution in [0, 0.1) is 11.6 Å². The van der Waals surface area contributed by atoms with Gasteiger partial charge in [0.05, 0.1) is 17.3 Å². The highest BCUT2D eigenvalue weighted by atomic mass is 19.4. The molecule has 5 nitrogen and oxygen atoms in total. The third-order valence-corrected chi connectivity index (χ3v) is 6.59. The van der Waals surface area contributed by atoms with E-state index in [0.717, 1.165) is 10.6 Å². The van der Waals surface area contributed by atoms with Crippen molar-refractivity contribution in [3.63, 3.8) is 0 Å². The van der Waals surface area contributed by atoms with Gasteiger partial charge in [0.15, 0.2) is 11.6 Å². The Morgan fingerprint density at radius 1 is 1.03 bits per heavy atom. The van der Waals surface area contributed by atoms with Crippen LogP contribution in [0.1, 0.15) is 48.4 Å². The fourth-order valence-corrected chi connectivity index (χ4v) is 4.97. The Morgan fingerprint density at radius 2 is 1.70 bits per heavy atom. The molecule has 4 rings (SSSR count). The Labute approximate surface area is 188 Å². The van der Waals surface area contributed by atoms with E-state index >= 15 is 0 Å². The molecule has 1 aromatic heterocycles. The zero-order valence-corrected chi connectivity index (χ0v) is 18.7. The first-order valence-electron chi connectivity index (χ1n) is 10.9. The standard InChI is InChI=1S/C23H26F5N3O2/c1-14(2)33-18-5-4-15(12-16(18)24)21(32)30-8-6-22(7-9-30)20-17(25)13-19(23(26,27)28)31(20)11-10-29(22)3/h4-5,12-14H,6-11H2,1-3H3. The summed E-state index contributed by atoms with van der Waals surface area (Å²) in [5.74, 6) is -1.85. The number of fused-ring (bicyclic) bond motifs is 2. The van der Waals surface area contributed by atoms with Crippen molar-refractivity contribution >= 4 is 5.91 Å². The predicted molar refractivity (Wildman–Crippen MR) is 111 cm³/mol. The number of benzene rings is 1. The lowest BCUT2D eigenvalue weighted by atomic mass is 9.81. The number of likely N-dealkylation sites (tertiary alicyclic amines) is 1. The Morgan fingerprint density at radius 3 is 2.27 bits per heavy atom. The highest BCUT2D eigenvalue weighted by Gasteiger charge is 2.49. The second-order valence-electron chi connectivity index (χ2n) is 8.93. The van der Waals surface area contributed by atoms with Crippen LogP contribution in [0.25, 0.3) is 0 Å². The molecule has 0 atom stereocenters. The van der Waals surface area contributed by atoms with Crippen molar-refractivity contribution in [1.82, 2.24) is 14.4 Å². The summed E-state index contributed by atoms with van der Waals surface area (Å²) < 4.78 is 75.9. The second-order valence-corrected chi connectivity index (χ2v) is 8.93. The maximum Gasteiger partial charge on any atom is 0.431 e. The molecule has 1 amide bonds. The smallest absolute Gasteiger partial charge is 0.431 e. The molecule has 0 unspecified atom stereocenters. The number of piperidine rings is 1. The van der Waals surface area contributed by atoms with E-state index in [9.17, 15) is 26.7 Å². The molecule has 3 heterocycles. The van der Waals surface area contributed by atoms with Crippen LogP contribution in [-0.2, 0) is 18.3 Å². The molecule has 180 valence electrons. The summed E-state index contributed by atoms with van der Waals surface area (Å²) in [6.45, 7) is 4.32. The van der Waals surface area contributed by atoms with Gasteiger partial charge >= 0.3 is 6.18 Å². The van der Waals surface area contributed by atoms with E-state index in [-0.39, 0.29) is 61.5 Å². The van der Waals surface area contributed by atoms with Crippen molar-refractivity contribution in [2.75, 3.05) is 26.7 Å². The van der Waals surface area contributed by atoms with E-state index in [4.69, 9.17) is 4.74 Å². The fourth-order valence-electron chi connectivity index (χ4n) is 4.97. The average Bonchev–Trinajstić information content (AvgIpc) is 3.10. The van der Waals surface area contributed by atoms with E-state index < -0.39 is 29.0 Å². The van der Waals surface area contributed by atoms with Crippen molar-refractivity contribution in [2.45, 2.75) is 51.1 Å². The van der Waals surface area contributed by atoms with Gasteiger partial charge in [-0.05, 0) is 51.9 Å². The first-order valence-corrected chi connectivity index (χ1v) is 10.9. The largest absolute Gasteiger partial charge is 0.488 e. The highest BCUT2D eigenvalue weighted by Crippen LogP contribution is 2.45. The maximum atomic E-state index is 14.8. The number of amides is 1. The van der Waals surface area contributed by atoms with Gasteiger partial charge in [-0.1, -0.05) is 0 Å². The Hall–Kier alpha value is -2.62. The monoisotopic (exact) mass is 471 g/mol. The van der Waals surface area contributed by atoms with Crippen LogP contribution in [-0.4, -0.2) is 53.1 Å². The minimum Gasteiger partial charge on any atom is -0.488 e. The molecule has 1 spiro atoms. The molecule has 2 aromatic rings. The second kappa shape index (κ2) is 8.30. The first-order chi connectivity index (χ1) is 15.4. The number of carbonyl (C=O) groups is 1. The van der Waals surface area contributed by atoms with Gasteiger partial charge in [-0.25, -0.2) is 8.78 Å². The summed E-state index contributed by atoms with van der Waals surface area (Å²) in [6, 6.07) is 4.58. The number of rotatable bonds is 3. The van der Waals surface area contributed by atoms with Crippen LogP contribution in [0.4, 0.5) is 22.0 Å². The van der Waals surface area contributed by atoms with Crippen molar-refractivity contribution in [3.05, 3.63) is 52.9 Å². The molecule has 33 heavy (non-hydrogen) atoms. The molecule has 0 aliphatic carbocycles. The number of carbonyl (C=O) groups excluding carboxylic acids is 1. The third kappa shape index (κ3) is 4.09. The SMILES string of the molecule is CC(C)Oc1ccc(C(=O)N2CCC3(CC2)c2c(F)cc(C(F)(F)F)n2CCN3C)cc1F. The quantitative estimate of drug-likeness (QED) is 0.612. The molecule has 0 saturated carbocycles. The minimum absolute atomic E-state index is 0.0249. The van der Waals surface area contributed by atoms with E-state index in [0.29, 0.717) is 12.6 Å². The molecule has 2 aliphatic rings. The van der Waals surface area contributed by atoms with Gasteiger partial charge < -0.3 is 14.2 Å². The summed E-state index contributed by atoms with van der Waals surface area (Å²) in [6.07, 6.45) is -4.33. The van der Waals surface area contributed by atoms with Gasteiger partial charge in [-0.2, -0.15) is 13.2 Å². The lowest BCUT2D eigenvalue weighted by Crippen LogP contribution is -2.57. The average molecular weight is 471 g/mol. The molecular weight excluding hydrogens is 445 g/mol. The molecule has 2 aliphatic heterocycles. The molecule has 1 saturated heterocycles. The normalized spacial score (nSPS) is 18.6. The zero-order chi connectivity index (χ0) is 24.1. The van der Waals surface area contributed by atoms with Crippen molar-refractivity contribution in [1.29, 1.82) is 0 Å². The molecule has 1 fully saturated rings. The molecule has 1 aromatic carbocycles. The molecule has 0 N–H and O–H groups in total. The number of hydrogen-bond acceptors (Lipinski definition) is 3. The number of aromatic nitrogens is 1. The Balaban J connectivity index is 1.56. The van der Waals surface area contributed by atoms with Crippen LogP contribution in [0.15, 0.2) is 24.3 Å². The minimum atomic E-state index is -4.65. The van der Waals surface area contributed by atoms with Crippen LogP contribution in [0.2, 0.25) is 0 Å². The third-order valence-electron chi connectivity index (χ3n) is 6.59. The van der Waals surface area contributed by atoms with Crippen molar-refractivity contribution in [3.8, 4) is 5.75 Å². The number of halogens is 5. The van der Waals surface area contributed by atoms with Gasteiger partial charge in [0.2, 0.25) is 0 Å². The molecule has 0 radical (unpaired) electrons.